The highest BCUT2D eigenvalue weighted by Gasteiger charge is 2.41. The van der Waals surface area contributed by atoms with Crippen LogP contribution in [0.1, 0.15) is 23.2 Å². The predicted molar refractivity (Wildman–Crippen MR) is 84.6 cm³/mol. The van der Waals surface area contributed by atoms with E-state index in [1.807, 2.05) is 17.0 Å². The second kappa shape index (κ2) is 5.22. The van der Waals surface area contributed by atoms with Gasteiger partial charge in [0.15, 0.2) is 0 Å². The van der Waals surface area contributed by atoms with Gasteiger partial charge in [0, 0.05) is 34.2 Å². The van der Waals surface area contributed by atoms with Gasteiger partial charge in [-0.1, -0.05) is 11.6 Å². The lowest BCUT2D eigenvalue weighted by Gasteiger charge is -2.22. The van der Waals surface area contributed by atoms with Crippen molar-refractivity contribution in [3.05, 3.63) is 32.4 Å². The third-order valence-electron chi connectivity index (χ3n) is 4.22. The first-order valence-corrected chi connectivity index (χ1v) is 8.00. The lowest BCUT2D eigenvalue weighted by atomic mass is 9.86. The van der Waals surface area contributed by atoms with Crippen molar-refractivity contribution in [3.8, 4) is 0 Å². The number of hydrogen-bond donors (Lipinski definition) is 1. The Bertz CT molecular complexity index is 514. The number of benzene rings is 1. The van der Waals surface area contributed by atoms with Gasteiger partial charge in [-0.3, -0.25) is 4.79 Å². The number of amides is 1. The van der Waals surface area contributed by atoms with Gasteiger partial charge in [-0.05, 0) is 60.2 Å². The number of carbonyl (C=O) groups is 1. The van der Waals surface area contributed by atoms with Crippen molar-refractivity contribution in [2.24, 2.45) is 5.41 Å². The zero-order valence-corrected chi connectivity index (χ0v) is 13.5. The van der Waals surface area contributed by atoms with Crippen molar-refractivity contribution in [2.75, 3.05) is 26.2 Å². The Kier molecular flexibility index (Phi) is 3.75. The Morgan fingerprint density at radius 1 is 1.42 bits per heavy atom. The molecule has 1 aromatic rings. The number of nitrogens with zero attached hydrogens (tertiary/aromatic N) is 1. The van der Waals surface area contributed by atoms with Gasteiger partial charge in [0.25, 0.3) is 5.91 Å². The predicted octanol–water partition coefficient (Wildman–Crippen LogP) is 2.77. The molecule has 2 saturated heterocycles. The molecule has 1 aromatic carbocycles. The third kappa shape index (κ3) is 2.62. The molecule has 2 heterocycles. The molecule has 0 radical (unpaired) electrons. The summed E-state index contributed by atoms with van der Waals surface area (Å²) in [6.07, 6.45) is 2.30. The quantitative estimate of drug-likeness (QED) is 0.748. The summed E-state index contributed by atoms with van der Waals surface area (Å²) in [7, 11) is 0. The van der Waals surface area contributed by atoms with E-state index in [4.69, 9.17) is 11.6 Å². The first-order valence-electron chi connectivity index (χ1n) is 6.55. The van der Waals surface area contributed by atoms with Gasteiger partial charge in [0.1, 0.15) is 0 Å². The minimum Gasteiger partial charge on any atom is -0.338 e. The zero-order chi connectivity index (χ0) is 13.5. The number of nitrogens with one attached hydrogen (secondary N) is 1. The van der Waals surface area contributed by atoms with Gasteiger partial charge in [-0.2, -0.15) is 0 Å². The topological polar surface area (TPSA) is 32.3 Å². The minimum atomic E-state index is 0.113. The maximum Gasteiger partial charge on any atom is 0.253 e. The lowest BCUT2D eigenvalue weighted by Crippen LogP contribution is -2.33. The molecule has 0 bridgehead atoms. The van der Waals surface area contributed by atoms with Gasteiger partial charge in [0.2, 0.25) is 0 Å². The number of hydrogen-bond acceptors (Lipinski definition) is 2. The summed E-state index contributed by atoms with van der Waals surface area (Å²) in [5.74, 6) is 0.113. The average molecular weight is 391 g/mol. The SMILES string of the molecule is O=C(c1ccc(I)c(Cl)c1)N1CCC2(CCNC2)C1. The van der Waals surface area contributed by atoms with Crippen molar-refractivity contribution in [1.82, 2.24) is 10.2 Å². The maximum absolute atomic E-state index is 12.5. The molecular weight excluding hydrogens is 375 g/mol. The molecule has 2 aliphatic rings. The summed E-state index contributed by atoms with van der Waals surface area (Å²) in [5.41, 5.74) is 1.02. The van der Waals surface area contributed by atoms with Crippen LogP contribution in [0.3, 0.4) is 0 Å². The Labute approximate surface area is 131 Å². The summed E-state index contributed by atoms with van der Waals surface area (Å²) < 4.78 is 0.980. The zero-order valence-electron chi connectivity index (χ0n) is 10.6. The highest BCUT2D eigenvalue weighted by atomic mass is 127. The summed E-state index contributed by atoms with van der Waals surface area (Å²) in [5, 5.41) is 4.07. The number of carbonyl (C=O) groups excluding carboxylic acids is 1. The Morgan fingerprint density at radius 2 is 2.26 bits per heavy atom. The molecule has 1 spiro atoms. The maximum atomic E-state index is 12.5. The van der Waals surface area contributed by atoms with Crippen LogP contribution in [0, 0.1) is 8.99 Å². The molecule has 3 rings (SSSR count). The Balaban J connectivity index is 1.76. The van der Waals surface area contributed by atoms with Crippen LogP contribution in [-0.2, 0) is 0 Å². The summed E-state index contributed by atoms with van der Waals surface area (Å²) in [6, 6.07) is 5.55. The second-order valence-electron chi connectivity index (χ2n) is 5.53. The van der Waals surface area contributed by atoms with Crippen LogP contribution >= 0.6 is 34.2 Å². The van der Waals surface area contributed by atoms with Crippen molar-refractivity contribution in [3.63, 3.8) is 0 Å². The van der Waals surface area contributed by atoms with Crippen molar-refractivity contribution < 1.29 is 4.79 Å². The van der Waals surface area contributed by atoms with E-state index >= 15 is 0 Å². The normalized spacial score (nSPS) is 26.3. The average Bonchev–Trinajstić information content (AvgIpc) is 3.03. The van der Waals surface area contributed by atoms with E-state index in [0.717, 1.165) is 36.2 Å². The Hall–Kier alpha value is -0.330. The molecule has 3 nitrogen and oxygen atoms in total. The van der Waals surface area contributed by atoms with E-state index in [2.05, 4.69) is 27.9 Å². The van der Waals surface area contributed by atoms with E-state index < -0.39 is 0 Å². The van der Waals surface area contributed by atoms with E-state index in [1.165, 1.54) is 6.42 Å². The summed E-state index contributed by atoms with van der Waals surface area (Å²) in [4.78, 5) is 14.5. The molecule has 0 saturated carbocycles. The van der Waals surface area contributed by atoms with Crippen LogP contribution < -0.4 is 5.32 Å². The highest BCUT2D eigenvalue weighted by molar-refractivity contribution is 14.1. The molecule has 19 heavy (non-hydrogen) atoms. The molecule has 0 aromatic heterocycles. The standard InChI is InChI=1S/C14H16ClIN2O/c15-11-7-10(1-2-12(11)16)13(19)18-6-4-14(9-18)3-5-17-8-14/h1-2,7,17H,3-6,8-9H2. The molecule has 102 valence electrons. The number of halogens is 2. The number of likely N-dealkylation sites (tertiary alicyclic amines) is 1. The van der Waals surface area contributed by atoms with Gasteiger partial charge in [-0.15, -0.1) is 0 Å². The molecule has 0 aliphatic carbocycles. The smallest absolute Gasteiger partial charge is 0.253 e. The monoisotopic (exact) mass is 390 g/mol. The molecule has 2 aliphatic heterocycles. The molecule has 1 N–H and O–H groups in total. The summed E-state index contributed by atoms with van der Waals surface area (Å²) >= 11 is 8.27. The highest BCUT2D eigenvalue weighted by Crippen LogP contribution is 2.36. The van der Waals surface area contributed by atoms with Gasteiger partial charge in [0.05, 0.1) is 5.02 Å². The molecule has 5 heteroatoms. The fourth-order valence-electron chi connectivity index (χ4n) is 3.06. The fraction of sp³-hybridized carbons (Fsp3) is 0.500. The molecule has 1 atom stereocenters. The lowest BCUT2D eigenvalue weighted by molar-refractivity contribution is 0.0775. The Morgan fingerprint density at radius 3 is 2.95 bits per heavy atom. The van der Waals surface area contributed by atoms with E-state index in [-0.39, 0.29) is 5.91 Å². The van der Waals surface area contributed by atoms with Crippen molar-refractivity contribution in [1.29, 1.82) is 0 Å². The van der Waals surface area contributed by atoms with Crippen molar-refractivity contribution in [2.45, 2.75) is 12.8 Å². The molecule has 1 unspecified atom stereocenters. The van der Waals surface area contributed by atoms with Crippen LogP contribution in [0.15, 0.2) is 18.2 Å². The van der Waals surface area contributed by atoms with Crippen LogP contribution in [0.25, 0.3) is 0 Å². The van der Waals surface area contributed by atoms with E-state index in [9.17, 15) is 4.79 Å². The summed E-state index contributed by atoms with van der Waals surface area (Å²) in [6.45, 7) is 3.87. The third-order valence-corrected chi connectivity index (χ3v) is 5.80. The van der Waals surface area contributed by atoms with Crippen LogP contribution in [0.2, 0.25) is 5.02 Å². The van der Waals surface area contributed by atoms with E-state index in [0.29, 0.717) is 16.0 Å². The first-order chi connectivity index (χ1) is 9.10. The van der Waals surface area contributed by atoms with E-state index in [1.54, 1.807) is 6.07 Å². The minimum absolute atomic E-state index is 0.113. The number of rotatable bonds is 1. The van der Waals surface area contributed by atoms with Gasteiger partial charge in [-0.25, -0.2) is 0 Å². The molecule has 1 amide bonds. The van der Waals surface area contributed by atoms with Gasteiger partial charge < -0.3 is 10.2 Å². The fourth-order valence-corrected chi connectivity index (χ4v) is 3.58. The first kappa shape index (κ1) is 13.6. The van der Waals surface area contributed by atoms with Crippen LogP contribution in [0.4, 0.5) is 0 Å². The largest absolute Gasteiger partial charge is 0.338 e. The van der Waals surface area contributed by atoms with Crippen LogP contribution in [0.5, 0.6) is 0 Å². The van der Waals surface area contributed by atoms with Gasteiger partial charge >= 0.3 is 0 Å². The molecular formula is C14H16ClIN2O. The molecule has 2 fully saturated rings. The van der Waals surface area contributed by atoms with Crippen molar-refractivity contribution >= 4 is 40.1 Å². The van der Waals surface area contributed by atoms with Crippen LogP contribution in [-0.4, -0.2) is 37.0 Å². The second-order valence-corrected chi connectivity index (χ2v) is 7.10.